The SMILES string of the molecule is COC(=O)c1ccc(-c2cc(F)ccc2F)c(C)c1. The highest BCUT2D eigenvalue weighted by molar-refractivity contribution is 5.90. The van der Waals surface area contributed by atoms with Crippen molar-refractivity contribution in [3.63, 3.8) is 0 Å². The van der Waals surface area contributed by atoms with Gasteiger partial charge in [0.1, 0.15) is 11.6 Å². The zero-order valence-corrected chi connectivity index (χ0v) is 10.5. The van der Waals surface area contributed by atoms with Crippen LogP contribution >= 0.6 is 0 Å². The second-order valence-corrected chi connectivity index (χ2v) is 4.15. The molecule has 0 atom stereocenters. The fourth-order valence-corrected chi connectivity index (χ4v) is 1.91. The van der Waals surface area contributed by atoms with E-state index in [4.69, 9.17) is 0 Å². The summed E-state index contributed by atoms with van der Waals surface area (Å²) in [7, 11) is 1.29. The van der Waals surface area contributed by atoms with Crippen LogP contribution in [0.5, 0.6) is 0 Å². The van der Waals surface area contributed by atoms with Crippen molar-refractivity contribution in [3.8, 4) is 11.1 Å². The Bertz CT molecular complexity index is 636. The molecule has 0 saturated heterocycles. The third-order valence-corrected chi connectivity index (χ3v) is 2.87. The van der Waals surface area contributed by atoms with Crippen LogP contribution in [0.3, 0.4) is 0 Å². The summed E-state index contributed by atoms with van der Waals surface area (Å²) in [5.74, 6) is -1.47. The smallest absolute Gasteiger partial charge is 0.337 e. The summed E-state index contributed by atoms with van der Waals surface area (Å²) in [6.45, 7) is 1.73. The van der Waals surface area contributed by atoms with Crippen molar-refractivity contribution < 1.29 is 18.3 Å². The van der Waals surface area contributed by atoms with Crippen LogP contribution in [0, 0.1) is 18.6 Å². The number of hydrogen-bond donors (Lipinski definition) is 0. The molecule has 0 amide bonds. The summed E-state index contributed by atoms with van der Waals surface area (Å²) in [5.41, 5.74) is 1.77. The predicted molar refractivity (Wildman–Crippen MR) is 67.9 cm³/mol. The molecule has 2 nitrogen and oxygen atoms in total. The molecule has 2 rings (SSSR count). The molecule has 0 bridgehead atoms. The van der Waals surface area contributed by atoms with Crippen molar-refractivity contribution >= 4 is 5.97 Å². The molecule has 2 aromatic carbocycles. The number of ether oxygens (including phenoxy) is 1. The first-order valence-corrected chi connectivity index (χ1v) is 5.67. The largest absolute Gasteiger partial charge is 0.465 e. The molecule has 0 unspecified atom stereocenters. The molecule has 0 spiro atoms. The molecule has 19 heavy (non-hydrogen) atoms. The van der Waals surface area contributed by atoms with Crippen LogP contribution in [0.2, 0.25) is 0 Å². The second kappa shape index (κ2) is 5.18. The molecule has 2 aromatic rings. The zero-order chi connectivity index (χ0) is 14.0. The van der Waals surface area contributed by atoms with Gasteiger partial charge < -0.3 is 4.74 Å². The zero-order valence-electron chi connectivity index (χ0n) is 10.5. The summed E-state index contributed by atoms with van der Waals surface area (Å²) >= 11 is 0. The molecule has 0 heterocycles. The number of aryl methyl sites for hydroxylation is 1. The van der Waals surface area contributed by atoms with E-state index < -0.39 is 17.6 Å². The Morgan fingerprint density at radius 2 is 1.79 bits per heavy atom. The number of hydrogen-bond acceptors (Lipinski definition) is 2. The third kappa shape index (κ3) is 2.62. The van der Waals surface area contributed by atoms with Gasteiger partial charge in [0.05, 0.1) is 12.7 Å². The fraction of sp³-hybridized carbons (Fsp3) is 0.133. The summed E-state index contributed by atoms with van der Waals surface area (Å²) in [4.78, 5) is 11.4. The molecule has 98 valence electrons. The molecule has 0 aliphatic rings. The van der Waals surface area contributed by atoms with E-state index >= 15 is 0 Å². The van der Waals surface area contributed by atoms with Crippen molar-refractivity contribution in [2.45, 2.75) is 6.92 Å². The lowest BCUT2D eigenvalue weighted by molar-refractivity contribution is 0.0600. The first-order chi connectivity index (χ1) is 9.02. The lowest BCUT2D eigenvalue weighted by Crippen LogP contribution is -2.02. The van der Waals surface area contributed by atoms with Gasteiger partial charge in [0.15, 0.2) is 0 Å². The summed E-state index contributed by atoms with van der Waals surface area (Å²) < 4.78 is 31.5. The highest BCUT2D eigenvalue weighted by Crippen LogP contribution is 2.27. The summed E-state index contributed by atoms with van der Waals surface area (Å²) in [6, 6.07) is 7.98. The monoisotopic (exact) mass is 262 g/mol. The van der Waals surface area contributed by atoms with Gasteiger partial charge in [-0.1, -0.05) is 6.07 Å². The number of carbonyl (C=O) groups excluding carboxylic acids is 1. The van der Waals surface area contributed by atoms with Crippen molar-refractivity contribution in [2.24, 2.45) is 0 Å². The molecule has 0 aliphatic carbocycles. The van der Waals surface area contributed by atoms with Gasteiger partial charge in [0.25, 0.3) is 0 Å². The molecular weight excluding hydrogens is 250 g/mol. The minimum absolute atomic E-state index is 0.175. The lowest BCUT2D eigenvalue weighted by Gasteiger charge is -2.09. The van der Waals surface area contributed by atoms with Gasteiger partial charge in [0, 0.05) is 5.56 Å². The number of esters is 1. The van der Waals surface area contributed by atoms with Crippen LogP contribution in [0.15, 0.2) is 36.4 Å². The Hall–Kier alpha value is -2.23. The average Bonchev–Trinajstić information content (AvgIpc) is 2.41. The molecule has 0 saturated carbocycles. The molecular formula is C15H12F2O2. The molecule has 0 N–H and O–H groups in total. The Kier molecular flexibility index (Phi) is 3.60. The van der Waals surface area contributed by atoms with Crippen LogP contribution in [0.1, 0.15) is 15.9 Å². The maximum Gasteiger partial charge on any atom is 0.337 e. The van der Waals surface area contributed by atoms with Gasteiger partial charge in [-0.2, -0.15) is 0 Å². The Morgan fingerprint density at radius 3 is 2.42 bits per heavy atom. The van der Waals surface area contributed by atoms with Crippen LogP contribution in [-0.4, -0.2) is 13.1 Å². The standard InChI is InChI=1S/C15H12F2O2/c1-9-7-10(15(18)19-2)3-5-12(9)13-8-11(16)4-6-14(13)17/h3-8H,1-2H3. The highest BCUT2D eigenvalue weighted by Gasteiger charge is 2.12. The predicted octanol–water partition coefficient (Wildman–Crippen LogP) is 3.73. The van der Waals surface area contributed by atoms with Crippen molar-refractivity contribution in [1.82, 2.24) is 0 Å². The molecule has 0 aliphatic heterocycles. The molecule has 0 radical (unpaired) electrons. The van der Waals surface area contributed by atoms with E-state index in [1.54, 1.807) is 19.1 Å². The van der Waals surface area contributed by atoms with E-state index in [0.29, 0.717) is 16.7 Å². The number of carbonyl (C=O) groups is 1. The van der Waals surface area contributed by atoms with Gasteiger partial charge in [0.2, 0.25) is 0 Å². The summed E-state index contributed by atoms with van der Waals surface area (Å²) in [6.07, 6.45) is 0. The van der Waals surface area contributed by atoms with E-state index in [0.717, 1.165) is 18.2 Å². The van der Waals surface area contributed by atoms with E-state index in [2.05, 4.69) is 4.74 Å². The third-order valence-electron chi connectivity index (χ3n) is 2.87. The number of methoxy groups -OCH3 is 1. The minimum atomic E-state index is -0.507. The van der Waals surface area contributed by atoms with Crippen molar-refractivity contribution in [1.29, 1.82) is 0 Å². The van der Waals surface area contributed by atoms with Gasteiger partial charge in [-0.3, -0.25) is 0 Å². The van der Waals surface area contributed by atoms with Crippen LogP contribution < -0.4 is 0 Å². The van der Waals surface area contributed by atoms with Crippen molar-refractivity contribution in [2.75, 3.05) is 7.11 Å². The van der Waals surface area contributed by atoms with Crippen molar-refractivity contribution in [3.05, 3.63) is 59.2 Å². The Balaban J connectivity index is 2.52. The van der Waals surface area contributed by atoms with Crippen LogP contribution in [-0.2, 0) is 4.74 Å². The van der Waals surface area contributed by atoms with Gasteiger partial charge in [-0.25, -0.2) is 13.6 Å². The normalized spacial score (nSPS) is 10.3. The number of halogens is 2. The Labute approximate surface area is 109 Å². The molecule has 0 fully saturated rings. The first-order valence-electron chi connectivity index (χ1n) is 5.67. The average molecular weight is 262 g/mol. The van der Waals surface area contributed by atoms with Gasteiger partial charge in [-0.15, -0.1) is 0 Å². The van der Waals surface area contributed by atoms with Crippen LogP contribution in [0.25, 0.3) is 11.1 Å². The quantitative estimate of drug-likeness (QED) is 0.771. The van der Waals surface area contributed by atoms with E-state index in [1.165, 1.54) is 13.2 Å². The van der Waals surface area contributed by atoms with E-state index in [1.807, 2.05) is 0 Å². The Morgan fingerprint density at radius 1 is 1.05 bits per heavy atom. The van der Waals surface area contributed by atoms with Crippen LogP contribution in [0.4, 0.5) is 8.78 Å². The van der Waals surface area contributed by atoms with E-state index in [9.17, 15) is 13.6 Å². The first kappa shape index (κ1) is 13.2. The lowest BCUT2D eigenvalue weighted by atomic mass is 9.98. The number of benzene rings is 2. The summed E-state index contributed by atoms with van der Waals surface area (Å²) in [5, 5.41) is 0. The maximum absolute atomic E-state index is 13.7. The number of rotatable bonds is 2. The van der Waals surface area contributed by atoms with Gasteiger partial charge >= 0.3 is 5.97 Å². The fourth-order valence-electron chi connectivity index (χ4n) is 1.91. The maximum atomic E-state index is 13.7. The van der Waals surface area contributed by atoms with Gasteiger partial charge in [-0.05, 0) is 48.4 Å². The topological polar surface area (TPSA) is 26.3 Å². The highest BCUT2D eigenvalue weighted by atomic mass is 19.1. The van der Waals surface area contributed by atoms with E-state index in [-0.39, 0.29) is 5.56 Å². The second-order valence-electron chi connectivity index (χ2n) is 4.15. The minimum Gasteiger partial charge on any atom is -0.465 e. The molecule has 4 heteroatoms. The molecule has 0 aromatic heterocycles.